The molecule has 8 unspecified atom stereocenters. The van der Waals surface area contributed by atoms with E-state index in [0.717, 1.165) is 0 Å². The molecule has 0 spiro atoms. The van der Waals surface area contributed by atoms with Crippen molar-refractivity contribution in [2.45, 2.75) is 105 Å². The van der Waals surface area contributed by atoms with Gasteiger partial charge in [0, 0.05) is 13.2 Å². The number of rotatable bonds is 6. The van der Waals surface area contributed by atoms with Gasteiger partial charge in [-0.15, -0.1) is 11.6 Å². The van der Waals surface area contributed by atoms with Crippen molar-refractivity contribution < 1.29 is 35.9 Å². The van der Waals surface area contributed by atoms with Gasteiger partial charge in [-0.25, -0.2) is 13.6 Å². The number of alkyl halides is 4. The summed E-state index contributed by atoms with van der Waals surface area (Å²) in [6.07, 6.45) is -2.50. The minimum Gasteiger partial charge on any atom is -0.381 e. The van der Waals surface area contributed by atoms with E-state index in [1.54, 1.807) is 7.11 Å². The zero-order chi connectivity index (χ0) is 24.4. The molecular weight excluding hydrogens is 485 g/mol. The van der Waals surface area contributed by atoms with Crippen molar-refractivity contribution >= 4 is 27.5 Å². The number of ether oxygens (including phenoxy) is 2. The van der Waals surface area contributed by atoms with Gasteiger partial charge in [0.1, 0.15) is 0 Å². The van der Waals surface area contributed by atoms with Crippen molar-refractivity contribution in [2.75, 3.05) is 7.11 Å². The summed E-state index contributed by atoms with van der Waals surface area (Å²) in [6.45, 7) is 0. The number of carbonyl (C=O) groups is 1. The number of halogens is 4. The third-order valence-electron chi connectivity index (χ3n) is 7.38. The number of nitrogens with two attached hydrogens (primary N) is 1. The van der Waals surface area contributed by atoms with Gasteiger partial charge in [-0.1, -0.05) is 6.42 Å². The molecule has 8 atom stereocenters. The first kappa shape index (κ1) is 27.0. The lowest BCUT2D eigenvalue weighted by Crippen LogP contribution is -2.51. The minimum atomic E-state index is -4.36. The number of nitrogens with one attached hydrogen (secondary N) is 1. The second-order valence-electron chi connectivity index (χ2n) is 9.64. The van der Waals surface area contributed by atoms with Gasteiger partial charge in [0.05, 0.1) is 40.8 Å². The first-order chi connectivity index (χ1) is 15.4. The Bertz CT molecular complexity index is 784. The Kier molecular flexibility index (Phi) is 8.97. The normalized spacial score (nSPS) is 38.6. The quantitative estimate of drug-likeness (QED) is 0.525. The Hall–Kier alpha value is -0.620. The average molecular weight is 519 g/mol. The predicted molar refractivity (Wildman–Crippen MR) is 117 cm³/mol. The van der Waals surface area contributed by atoms with Crippen LogP contribution in [0.15, 0.2) is 0 Å². The maximum atomic E-state index is 13.5. The molecule has 33 heavy (non-hydrogen) atoms. The van der Waals surface area contributed by atoms with Gasteiger partial charge in [0.15, 0.2) is 0 Å². The van der Waals surface area contributed by atoms with E-state index in [1.807, 2.05) is 0 Å². The molecule has 0 heterocycles. The van der Waals surface area contributed by atoms with Gasteiger partial charge < -0.3 is 14.8 Å². The highest BCUT2D eigenvalue weighted by atomic mass is 35.5. The van der Waals surface area contributed by atoms with E-state index in [9.17, 15) is 26.4 Å². The van der Waals surface area contributed by atoms with E-state index >= 15 is 0 Å². The molecule has 0 bridgehead atoms. The standard InChI is InChI=1S/C21H34ClF3N2O5S/c1-31-14-6-8-18(17(22)11-14)32-19-9-12(21(23,24)25)5-7-16(19)20(28)27-13-3-2-4-15(10-13)33(26,29)30/h12-19H,2-11H2,1H3,(H,27,28)(H2,26,29,30). The van der Waals surface area contributed by atoms with Crippen molar-refractivity contribution in [1.82, 2.24) is 5.32 Å². The molecule has 0 saturated heterocycles. The molecule has 0 aromatic heterocycles. The summed E-state index contributed by atoms with van der Waals surface area (Å²) in [5, 5.41) is 7.00. The van der Waals surface area contributed by atoms with Gasteiger partial charge in [-0.2, -0.15) is 13.2 Å². The summed E-state index contributed by atoms with van der Waals surface area (Å²) in [7, 11) is -2.12. The third-order valence-corrected chi connectivity index (χ3v) is 9.19. The van der Waals surface area contributed by atoms with Crippen molar-refractivity contribution in [3.05, 3.63) is 0 Å². The summed E-state index contributed by atoms with van der Waals surface area (Å²) in [4.78, 5) is 13.1. The molecular formula is C21H34ClF3N2O5S. The highest BCUT2D eigenvalue weighted by Gasteiger charge is 2.48. The number of hydrogen-bond donors (Lipinski definition) is 2. The average Bonchev–Trinajstić information content (AvgIpc) is 2.74. The third kappa shape index (κ3) is 7.19. The molecule has 3 rings (SSSR count). The number of hydrogen-bond acceptors (Lipinski definition) is 5. The SMILES string of the molecule is COC1CCC(OC2CC(C(F)(F)F)CCC2C(=O)NC2CCCC(S(N)(=O)=O)C2)C(Cl)C1. The molecule has 1 amide bonds. The van der Waals surface area contributed by atoms with Crippen molar-refractivity contribution in [3.63, 3.8) is 0 Å². The smallest absolute Gasteiger partial charge is 0.381 e. The van der Waals surface area contributed by atoms with Crippen LogP contribution in [0.25, 0.3) is 0 Å². The Morgan fingerprint density at radius 3 is 2.36 bits per heavy atom. The monoisotopic (exact) mass is 518 g/mol. The lowest BCUT2D eigenvalue weighted by molar-refractivity contribution is -0.203. The van der Waals surface area contributed by atoms with Crippen LogP contribution in [-0.2, 0) is 24.3 Å². The van der Waals surface area contributed by atoms with Crippen LogP contribution >= 0.6 is 11.6 Å². The molecule has 0 aliphatic heterocycles. The van der Waals surface area contributed by atoms with Gasteiger partial charge in [-0.3, -0.25) is 4.79 Å². The number of carbonyl (C=O) groups excluding carboxylic acids is 1. The molecule has 0 aromatic carbocycles. The molecule has 3 fully saturated rings. The summed E-state index contributed by atoms with van der Waals surface area (Å²) < 4.78 is 75.2. The van der Waals surface area contributed by atoms with E-state index in [-0.39, 0.29) is 37.8 Å². The van der Waals surface area contributed by atoms with E-state index in [1.165, 1.54) is 0 Å². The lowest BCUT2D eigenvalue weighted by atomic mass is 9.78. The van der Waals surface area contributed by atoms with Crippen LogP contribution in [0.4, 0.5) is 13.2 Å². The maximum Gasteiger partial charge on any atom is 0.391 e. The highest BCUT2D eigenvalue weighted by molar-refractivity contribution is 7.89. The number of methoxy groups -OCH3 is 1. The Morgan fingerprint density at radius 1 is 1.03 bits per heavy atom. The zero-order valence-corrected chi connectivity index (χ0v) is 20.3. The van der Waals surface area contributed by atoms with Crippen LogP contribution in [0.1, 0.15) is 64.2 Å². The molecule has 3 N–H and O–H groups in total. The maximum absolute atomic E-state index is 13.5. The van der Waals surface area contributed by atoms with Crippen LogP contribution in [0.5, 0.6) is 0 Å². The molecule has 3 aliphatic rings. The number of sulfonamides is 1. The van der Waals surface area contributed by atoms with Gasteiger partial charge in [0.2, 0.25) is 15.9 Å². The van der Waals surface area contributed by atoms with E-state index < -0.39 is 56.8 Å². The molecule has 192 valence electrons. The Balaban J connectivity index is 1.68. The Morgan fingerprint density at radius 2 is 1.76 bits per heavy atom. The van der Waals surface area contributed by atoms with E-state index in [0.29, 0.717) is 38.5 Å². The summed E-state index contributed by atoms with van der Waals surface area (Å²) in [5.41, 5.74) is 0. The molecule has 0 radical (unpaired) electrons. The highest BCUT2D eigenvalue weighted by Crippen LogP contribution is 2.42. The topological polar surface area (TPSA) is 108 Å². The van der Waals surface area contributed by atoms with Crippen molar-refractivity contribution in [2.24, 2.45) is 17.0 Å². The lowest BCUT2D eigenvalue weighted by Gasteiger charge is -2.41. The first-order valence-corrected chi connectivity index (χ1v) is 13.6. The second-order valence-corrected chi connectivity index (χ2v) is 12.0. The first-order valence-electron chi connectivity index (χ1n) is 11.6. The molecule has 3 aliphatic carbocycles. The van der Waals surface area contributed by atoms with Gasteiger partial charge in [0.25, 0.3) is 0 Å². The molecule has 7 nitrogen and oxygen atoms in total. The summed E-state index contributed by atoms with van der Waals surface area (Å²) in [5.74, 6) is -2.67. The van der Waals surface area contributed by atoms with Crippen molar-refractivity contribution in [3.8, 4) is 0 Å². The van der Waals surface area contributed by atoms with Gasteiger partial charge in [-0.05, 0) is 57.8 Å². The molecule has 12 heteroatoms. The summed E-state index contributed by atoms with van der Waals surface area (Å²) >= 11 is 6.45. The fraction of sp³-hybridized carbons (Fsp3) is 0.952. The van der Waals surface area contributed by atoms with Crippen LogP contribution in [0.3, 0.4) is 0 Å². The van der Waals surface area contributed by atoms with E-state index in [2.05, 4.69) is 5.32 Å². The summed E-state index contributed by atoms with van der Waals surface area (Å²) in [6, 6.07) is -0.381. The fourth-order valence-corrected chi connectivity index (χ4v) is 6.78. The molecule has 3 saturated carbocycles. The molecule has 0 aromatic rings. The van der Waals surface area contributed by atoms with Crippen molar-refractivity contribution in [1.29, 1.82) is 0 Å². The predicted octanol–water partition coefficient (Wildman–Crippen LogP) is 3.24. The minimum absolute atomic E-state index is 0.0150. The van der Waals surface area contributed by atoms with Gasteiger partial charge >= 0.3 is 6.18 Å². The second kappa shape index (κ2) is 11.0. The van der Waals surface area contributed by atoms with Crippen LogP contribution in [0.2, 0.25) is 0 Å². The van der Waals surface area contributed by atoms with Crippen LogP contribution < -0.4 is 10.5 Å². The van der Waals surface area contributed by atoms with Crippen LogP contribution in [-0.4, -0.2) is 62.6 Å². The number of amides is 1. The van der Waals surface area contributed by atoms with Crippen LogP contribution in [0, 0.1) is 11.8 Å². The fourth-order valence-electron chi connectivity index (χ4n) is 5.40. The van der Waals surface area contributed by atoms with E-state index in [4.69, 9.17) is 26.2 Å². The zero-order valence-electron chi connectivity index (χ0n) is 18.7. The Labute approximate surface area is 198 Å². The largest absolute Gasteiger partial charge is 0.391 e. The number of primary sulfonamides is 1.